The van der Waals surface area contributed by atoms with Crippen LogP contribution in [0.15, 0.2) is 24.3 Å². The van der Waals surface area contributed by atoms with E-state index in [-0.39, 0.29) is 23.5 Å². The van der Waals surface area contributed by atoms with Crippen molar-refractivity contribution in [3.63, 3.8) is 0 Å². The quantitative estimate of drug-likeness (QED) is 0.577. The van der Waals surface area contributed by atoms with Gasteiger partial charge in [-0.2, -0.15) is 0 Å². The van der Waals surface area contributed by atoms with Gasteiger partial charge in [-0.1, -0.05) is 32.9 Å². The summed E-state index contributed by atoms with van der Waals surface area (Å²) < 4.78 is 16.5. The molecule has 1 aromatic carbocycles. The minimum absolute atomic E-state index is 0.0697. The summed E-state index contributed by atoms with van der Waals surface area (Å²) in [7, 11) is 1.02. The molecule has 1 aromatic rings. The van der Waals surface area contributed by atoms with Crippen LogP contribution in [0.3, 0.4) is 0 Å². The van der Waals surface area contributed by atoms with Crippen molar-refractivity contribution in [2.75, 3.05) is 14.2 Å². The van der Waals surface area contributed by atoms with Crippen LogP contribution in [-0.4, -0.2) is 28.5 Å². The summed E-state index contributed by atoms with van der Waals surface area (Å²) in [6.45, 7) is 10.9. The monoisotopic (exact) mass is 324 g/mol. The van der Waals surface area contributed by atoms with Gasteiger partial charge in [0.25, 0.3) is 0 Å². The summed E-state index contributed by atoms with van der Waals surface area (Å²) in [5.41, 5.74) is 0.939. The molecular formula is C17H28O4Si. The first-order valence-corrected chi connectivity index (χ1v) is 10.4. The van der Waals surface area contributed by atoms with Gasteiger partial charge in [0.05, 0.1) is 26.7 Å². The van der Waals surface area contributed by atoms with E-state index < -0.39 is 8.32 Å². The SMILES string of the molecule is COC(=O)CC(O[Si](C)(C)C(C)(C)C)c1cccc(OC)c1. The molecule has 0 heterocycles. The van der Waals surface area contributed by atoms with E-state index in [1.165, 1.54) is 7.11 Å². The summed E-state index contributed by atoms with van der Waals surface area (Å²) in [4.78, 5) is 11.8. The lowest BCUT2D eigenvalue weighted by Gasteiger charge is -2.39. The molecule has 0 N–H and O–H groups in total. The topological polar surface area (TPSA) is 44.8 Å². The Hall–Kier alpha value is -1.33. The van der Waals surface area contributed by atoms with E-state index in [1.54, 1.807) is 7.11 Å². The fraction of sp³-hybridized carbons (Fsp3) is 0.588. The third-order valence-corrected chi connectivity index (χ3v) is 8.77. The molecule has 5 heteroatoms. The number of carbonyl (C=O) groups is 1. The van der Waals surface area contributed by atoms with E-state index in [1.807, 2.05) is 24.3 Å². The molecule has 0 bridgehead atoms. The standard InChI is InChI=1S/C17H28O4Si/c1-17(2,3)22(6,7)21-15(12-16(18)20-5)13-9-8-10-14(11-13)19-4/h8-11,15H,12H2,1-7H3. The van der Waals surface area contributed by atoms with Crippen LogP contribution >= 0.6 is 0 Å². The Morgan fingerprint density at radius 1 is 1.23 bits per heavy atom. The first-order chi connectivity index (χ1) is 10.1. The van der Waals surface area contributed by atoms with Crippen LogP contribution < -0.4 is 4.74 Å². The third kappa shape index (κ3) is 4.85. The summed E-state index contributed by atoms with van der Waals surface area (Å²) in [5.74, 6) is 0.484. The van der Waals surface area contributed by atoms with E-state index in [0.717, 1.165) is 11.3 Å². The minimum Gasteiger partial charge on any atom is -0.497 e. The lowest BCUT2D eigenvalue weighted by Crippen LogP contribution is -2.42. The van der Waals surface area contributed by atoms with E-state index in [9.17, 15) is 4.79 Å². The van der Waals surface area contributed by atoms with E-state index in [0.29, 0.717) is 0 Å². The third-order valence-electron chi connectivity index (χ3n) is 4.29. The number of carbonyl (C=O) groups excluding carboxylic acids is 1. The van der Waals surface area contributed by atoms with Crippen molar-refractivity contribution < 1.29 is 18.7 Å². The van der Waals surface area contributed by atoms with Crippen LogP contribution in [0, 0.1) is 0 Å². The van der Waals surface area contributed by atoms with Gasteiger partial charge in [-0.05, 0) is 35.8 Å². The fourth-order valence-corrected chi connectivity index (χ4v) is 3.12. The Morgan fingerprint density at radius 2 is 1.86 bits per heavy atom. The maximum atomic E-state index is 11.8. The summed E-state index contributed by atoms with van der Waals surface area (Å²) in [6.07, 6.45) is -0.112. The van der Waals surface area contributed by atoms with Crippen molar-refractivity contribution in [2.24, 2.45) is 0 Å². The Kier molecular flexibility index (Phi) is 6.20. The van der Waals surface area contributed by atoms with Crippen LogP contribution in [0.25, 0.3) is 0 Å². The fourth-order valence-electron chi connectivity index (χ4n) is 1.84. The molecule has 0 fully saturated rings. The zero-order valence-corrected chi connectivity index (χ0v) is 15.7. The van der Waals surface area contributed by atoms with Crippen molar-refractivity contribution >= 4 is 14.3 Å². The van der Waals surface area contributed by atoms with E-state index >= 15 is 0 Å². The second-order valence-corrected chi connectivity index (χ2v) is 11.7. The molecule has 1 atom stereocenters. The first kappa shape index (κ1) is 18.7. The smallest absolute Gasteiger partial charge is 0.308 e. The van der Waals surface area contributed by atoms with E-state index in [2.05, 4.69) is 33.9 Å². The minimum atomic E-state index is -2.01. The molecule has 0 aliphatic carbocycles. The number of ether oxygens (including phenoxy) is 2. The highest BCUT2D eigenvalue weighted by atomic mass is 28.4. The maximum Gasteiger partial charge on any atom is 0.308 e. The van der Waals surface area contributed by atoms with Gasteiger partial charge >= 0.3 is 5.97 Å². The average Bonchev–Trinajstić information content (AvgIpc) is 2.45. The summed E-state index contributed by atoms with van der Waals surface area (Å²) >= 11 is 0. The maximum absolute atomic E-state index is 11.8. The van der Waals surface area contributed by atoms with Crippen LogP contribution in [0.5, 0.6) is 5.75 Å². The lowest BCUT2D eigenvalue weighted by atomic mass is 10.1. The molecule has 0 aliphatic heterocycles. The van der Waals surface area contributed by atoms with Crippen molar-refractivity contribution in [3.8, 4) is 5.75 Å². The summed E-state index contributed by atoms with van der Waals surface area (Å²) in [6, 6.07) is 7.67. The molecular weight excluding hydrogens is 296 g/mol. The molecule has 0 radical (unpaired) electrons. The number of hydrogen-bond acceptors (Lipinski definition) is 4. The highest BCUT2D eigenvalue weighted by Gasteiger charge is 2.40. The molecule has 22 heavy (non-hydrogen) atoms. The number of benzene rings is 1. The van der Waals surface area contributed by atoms with Gasteiger partial charge in [0.2, 0.25) is 0 Å². The van der Waals surface area contributed by atoms with E-state index in [4.69, 9.17) is 13.9 Å². The molecule has 4 nitrogen and oxygen atoms in total. The molecule has 1 unspecified atom stereocenters. The molecule has 124 valence electrons. The molecule has 0 aromatic heterocycles. The average molecular weight is 324 g/mol. The van der Waals surface area contributed by atoms with Crippen molar-refractivity contribution in [1.82, 2.24) is 0 Å². The predicted molar refractivity (Wildman–Crippen MR) is 90.7 cm³/mol. The molecule has 0 saturated heterocycles. The van der Waals surface area contributed by atoms with Crippen LogP contribution in [0.2, 0.25) is 18.1 Å². The number of rotatable bonds is 6. The molecule has 0 saturated carbocycles. The first-order valence-electron chi connectivity index (χ1n) is 7.49. The highest BCUT2D eigenvalue weighted by Crippen LogP contribution is 2.40. The lowest BCUT2D eigenvalue weighted by molar-refractivity contribution is -0.142. The van der Waals surface area contributed by atoms with Gasteiger partial charge in [0.15, 0.2) is 8.32 Å². The molecule has 0 spiro atoms. The normalized spacial score (nSPS) is 13.6. The Bertz CT molecular complexity index is 506. The van der Waals surface area contributed by atoms with Gasteiger partial charge in [-0.25, -0.2) is 0 Å². The highest BCUT2D eigenvalue weighted by molar-refractivity contribution is 6.74. The van der Waals surface area contributed by atoms with Crippen molar-refractivity contribution in [3.05, 3.63) is 29.8 Å². The second-order valence-electron chi connectivity index (χ2n) is 6.92. The zero-order valence-electron chi connectivity index (χ0n) is 14.7. The molecule has 0 aliphatic rings. The second kappa shape index (κ2) is 7.29. The van der Waals surface area contributed by atoms with Gasteiger partial charge in [-0.15, -0.1) is 0 Å². The van der Waals surface area contributed by atoms with Crippen LogP contribution in [0.1, 0.15) is 38.9 Å². The zero-order chi connectivity index (χ0) is 17.0. The van der Waals surface area contributed by atoms with Crippen LogP contribution in [-0.2, 0) is 14.0 Å². The number of hydrogen-bond donors (Lipinski definition) is 0. The Balaban J connectivity index is 3.10. The predicted octanol–water partition coefficient (Wildman–Crippen LogP) is 4.32. The number of methoxy groups -OCH3 is 2. The van der Waals surface area contributed by atoms with Crippen LogP contribution in [0.4, 0.5) is 0 Å². The van der Waals surface area contributed by atoms with Gasteiger partial charge in [0, 0.05) is 0 Å². The van der Waals surface area contributed by atoms with Crippen molar-refractivity contribution in [1.29, 1.82) is 0 Å². The van der Waals surface area contributed by atoms with Gasteiger partial charge in [-0.3, -0.25) is 4.79 Å². The van der Waals surface area contributed by atoms with Gasteiger partial charge in [0.1, 0.15) is 5.75 Å². The Morgan fingerprint density at radius 3 is 2.36 bits per heavy atom. The summed E-state index contributed by atoms with van der Waals surface area (Å²) in [5, 5.41) is 0.0697. The van der Waals surface area contributed by atoms with Crippen molar-refractivity contribution in [2.45, 2.75) is 51.4 Å². The van der Waals surface area contributed by atoms with Gasteiger partial charge < -0.3 is 13.9 Å². The number of esters is 1. The molecule has 0 amide bonds. The molecule has 1 rings (SSSR count). The Labute approximate surface area is 134 Å². The largest absolute Gasteiger partial charge is 0.497 e.